The first-order chi connectivity index (χ1) is 3.87. The van der Waals surface area contributed by atoms with Gasteiger partial charge < -0.3 is 5.32 Å². The van der Waals surface area contributed by atoms with E-state index in [2.05, 4.69) is 5.32 Å². The Kier molecular flexibility index (Phi) is 0.637. The van der Waals surface area contributed by atoms with Crippen molar-refractivity contribution in [3.05, 3.63) is 0 Å². The van der Waals surface area contributed by atoms with Crippen LogP contribution in [-0.4, -0.2) is 19.4 Å². The lowest BCUT2D eigenvalue weighted by Crippen LogP contribution is -2.45. The molecule has 2 rings (SSSR count). The Bertz CT molecular complexity index is 128. The second-order valence-corrected chi connectivity index (χ2v) is 2.84. The molecule has 1 saturated carbocycles. The summed E-state index contributed by atoms with van der Waals surface area (Å²) in [6.07, 6.45) is 3.13. The maximum Gasteiger partial charge on any atom is 0.202 e. The van der Waals surface area contributed by atoms with Crippen LogP contribution in [0.1, 0.15) is 6.42 Å². The van der Waals surface area contributed by atoms with Gasteiger partial charge >= 0.3 is 0 Å². The topological polar surface area (TPSA) is 29.1 Å². The zero-order valence-electron chi connectivity index (χ0n) is 4.61. The average molecular weight is 110 g/mol. The van der Waals surface area contributed by atoms with Crippen molar-refractivity contribution in [2.24, 2.45) is 11.3 Å². The lowest BCUT2D eigenvalue weighted by Gasteiger charge is -2.27. The summed E-state index contributed by atoms with van der Waals surface area (Å²) in [7, 11) is 0. The van der Waals surface area contributed by atoms with Crippen molar-refractivity contribution in [2.45, 2.75) is 6.42 Å². The molecule has 1 radical (unpaired) electrons. The lowest BCUT2D eigenvalue weighted by molar-refractivity contribution is 0.308. The van der Waals surface area contributed by atoms with Crippen LogP contribution in [0.3, 0.4) is 0 Å². The highest BCUT2D eigenvalue weighted by Gasteiger charge is 2.58. The van der Waals surface area contributed by atoms with Crippen LogP contribution in [0.4, 0.5) is 0 Å². The van der Waals surface area contributed by atoms with Gasteiger partial charge in [0.2, 0.25) is 6.29 Å². The molecule has 1 saturated heterocycles. The zero-order chi connectivity index (χ0) is 5.61. The molecule has 0 aromatic rings. The van der Waals surface area contributed by atoms with Crippen LogP contribution >= 0.6 is 0 Å². The standard InChI is InChI=1S/C6H8NO/c8-2-5-1-6(5)3-7-4-6/h5,7H,1,3-4H2. The van der Waals surface area contributed by atoms with Crippen LogP contribution in [0, 0.1) is 11.3 Å². The first-order valence-corrected chi connectivity index (χ1v) is 2.96. The van der Waals surface area contributed by atoms with Gasteiger partial charge in [-0.05, 0) is 6.42 Å². The minimum absolute atomic E-state index is 0.281. The smallest absolute Gasteiger partial charge is 0.202 e. The van der Waals surface area contributed by atoms with Crippen LogP contribution < -0.4 is 5.32 Å². The Hall–Kier alpha value is -0.370. The highest BCUT2D eigenvalue weighted by Crippen LogP contribution is 2.53. The summed E-state index contributed by atoms with van der Waals surface area (Å²) >= 11 is 0. The molecule has 2 nitrogen and oxygen atoms in total. The first-order valence-electron chi connectivity index (χ1n) is 2.96. The number of rotatable bonds is 1. The molecule has 2 heteroatoms. The van der Waals surface area contributed by atoms with E-state index in [1.54, 1.807) is 0 Å². The van der Waals surface area contributed by atoms with E-state index in [0.717, 1.165) is 19.5 Å². The van der Waals surface area contributed by atoms with E-state index in [0.29, 0.717) is 5.41 Å². The van der Waals surface area contributed by atoms with Gasteiger partial charge in [-0.1, -0.05) is 0 Å². The summed E-state index contributed by atoms with van der Waals surface area (Å²) in [6, 6.07) is 0. The second kappa shape index (κ2) is 1.13. The van der Waals surface area contributed by atoms with E-state index in [4.69, 9.17) is 0 Å². The third kappa shape index (κ3) is 0.348. The molecule has 1 aliphatic carbocycles. The van der Waals surface area contributed by atoms with Crippen LogP contribution in [0.15, 0.2) is 0 Å². The molecular weight excluding hydrogens is 102 g/mol. The summed E-state index contributed by atoms with van der Waals surface area (Å²) in [5, 5.41) is 3.15. The van der Waals surface area contributed by atoms with Gasteiger partial charge in [0.05, 0.1) is 0 Å². The summed E-state index contributed by atoms with van der Waals surface area (Å²) in [6.45, 7) is 2.10. The maximum atomic E-state index is 10.0. The van der Waals surface area contributed by atoms with Gasteiger partial charge in [0.25, 0.3) is 0 Å². The van der Waals surface area contributed by atoms with E-state index in [9.17, 15) is 4.79 Å². The molecule has 0 amide bonds. The fourth-order valence-corrected chi connectivity index (χ4v) is 1.35. The molecule has 0 bridgehead atoms. The summed E-state index contributed by atoms with van der Waals surface area (Å²) in [5.74, 6) is 0.281. The molecule has 0 aromatic carbocycles. The van der Waals surface area contributed by atoms with Gasteiger partial charge in [-0.3, -0.25) is 4.79 Å². The molecule has 43 valence electrons. The predicted octanol–water partition coefficient (Wildman–Crippen LogP) is -0.294. The molecule has 1 unspecified atom stereocenters. The monoisotopic (exact) mass is 110 g/mol. The summed E-state index contributed by atoms with van der Waals surface area (Å²) in [4.78, 5) is 10.0. The number of carbonyl (C=O) groups excluding carboxylic acids is 1. The largest absolute Gasteiger partial charge is 0.315 e. The molecule has 1 atom stereocenters. The Morgan fingerprint density at radius 1 is 1.62 bits per heavy atom. The molecular formula is C6H8NO. The lowest BCUT2D eigenvalue weighted by atomic mass is 9.97. The van der Waals surface area contributed by atoms with Crippen molar-refractivity contribution < 1.29 is 4.79 Å². The van der Waals surface area contributed by atoms with E-state index in [1.165, 1.54) is 0 Å². The van der Waals surface area contributed by atoms with Gasteiger partial charge in [-0.25, -0.2) is 0 Å². The summed E-state index contributed by atoms with van der Waals surface area (Å²) < 4.78 is 0. The van der Waals surface area contributed by atoms with Crippen LogP contribution in [-0.2, 0) is 4.79 Å². The molecule has 1 spiro atoms. The third-order valence-corrected chi connectivity index (χ3v) is 2.29. The van der Waals surface area contributed by atoms with E-state index < -0.39 is 0 Å². The highest BCUT2D eigenvalue weighted by molar-refractivity contribution is 5.62. The van der Waals surface area contributed by atoms with Gasteiger partial charge in [-0.2, -0.15) is 0 Å². The SMILES string of the molecule is O=[C]C1CC12CNC2. The first kappa shape index (κ1) is 4.50. The number of hydrogen-bond acceptors (Lipinski definition) is 2. The normalized spacial score (nSPS) is 38.8. The van der Waals surface area contributed by atoms with Crippen LogP contribution in [0.25, 0.3) is 0 Å². The van der Waals surface area contributed by atoms with Crippen molar-refractivity contribution in [3.8, 4) is 0 Å². The Morgan fingerprint density at radius 3 is 2.50 bits per heavy atom. The zero-order valence-corrected chi connectivity index (χ0v) is 4.61. The Labute approximate surface area is 48.3 Å². The second-order valence-electron chi connectivity index (χ2n) is 2.84. The van der Waals surface area contributed by atoms with Gasteiger partial charge in [0.15, 0.2) is 0 Å². The fourth-order valence-electron chi connectivity index (χ4n) is 1.35. The predicted molar refractivity (Wildman–Crippen MR) is 29.1 cm³/mol. The van der Waals surface area contributed by atoms with Crippen molar-refractivity contribution in [1.29, 1.82) is 0 Å². The van der Waals surface area contributed by atoms with Crippen molar-refractivity contribution in [1.82, 2.24) is 5.32 Å². The van der Waals surface area contributed by atoms with Gasteiger partial charge in [0, 0.05) is 24.4 Å². The molecule has 0 aromatic heterocycles. The van der Waals surface area contributed by atoms with Gasteiger partial charge in [0.1, 0.15) is 0 Å². The minimum Gasteiger partial charge on any atom is -0.315 e. The van der Waals surface area contributed by atoms with Gasteiger partial charge in [-0.15, -0.1) is 0 Å². The van der Waals surface area contributed by atoms with Crippen LogP contribution in [0.2, 0.25) is 0 Å². The molecule has 1 heterocycles. The Balaban J connectivity index is 2.02. The van der Waals surface area contributed by atoms with E-state index >= 15 is 0 Å². The third-order valence-electron chi connectivity index (χ3n) is 2.29. The fraction of sp³-hybridized carbons (Fsp3) is 0.833. The molecule has 8 heavy (non-hydrogen) atoms. The van der Waals surface area contributed by atoms with E-state index in [1.807, 2.05) is 6.29 Å². The highest BCUT2D eigenvalue weighted by atomic mass is 16.1. The average Bonchev–Trinajstić information content (AvgIpc) is 2.36. The Morgan fingerprint density at radius 2 is 2.38 bits per heavy atom. The van der Waals surface area contributed by atoms with Crippen molar-refractivity contribution in [2.75, 3.05) is 13.1 Å². The molecule has 1 aliphatic heterocycles. The minimum atomic E-state index is 0.281. The van der Waals surface area contributed by atoms with Crippen LogP contribution in [0.5, 0.6) is 0 Å². The summed E-state index contributed by atoms with van der Waals surface area (Å²) in [5.41, 5.74) is 0.405. The molecule has 1 N–H and O–H groups in total. The number of nitrogens with one attached hydrogen (secondary N) is 1. The maximum absolute atomic E-state index is 10.0. The quantitative estimate of drug-likeness (QED) is 0.502. The molecule has 2 fully saturated rings. The van der Waals surface area contributed by atoms with Crippen molar-refractivity contribution >= 4 is 6.29 Å². The molecule has 2 aliphatic rings. The van der Waals surface area contributed by atoms with Crippen molar-refractivity contribution in [3.63, 3.8) is 0 Å². The number of hydrogen-bond donors (Lipinski definition) is 1. The van der Waals surface area contributed by atoms with E-state index in [-0.39, 0.29) is 5.92 Å².